The van der Waals surface area contributed by atoms with Crippen LogP contribution >= 0.6 is 0 Å². The molecule has 32 heavy (non-hydrogen) atoms. The van der Waals surface area contributed by atoms with Crippen molar-refractivity contribution in [2.24, 2.45) is 5.92 Å². The van der Waals surface area contributed by atoms with Crippen molar-refractivity contribution in [2.45, 2.75) is 58.4 Å². The normalized spacial score (nSPS) is 16.9. The van der Waals surface area contributed by atoms with Gasteiger partial charge in [0.1, 0.15) is 6.04 Å². The van der Waals surface area contributed by atoms with Crippen LogP contribution in [-0.4, -0.2) is 37.1 Å². The highest BCUT2D eigenvalue weighted by Gasteiger charge is 2.40. The van der Waals surface area contributed by atoms with Crippen LogP contribution in [0.15, 0.2) is 41.3 Å². The Bertz CT molecular complexity index is 1120. The summed E-state index contributed by atoms with van der Waals surface area (Å²) in [6.07, 6.45) is 1.07. The summed E-state index contributed by atoms with van der Waals surface area (Å²) in [5.41, 5.74) is 3.44. The number of benzene rings is 2. The van der Waals surface area contributed by atoms with E-state index < -0.39 is 16.1 Å². The number of nitrogens with one attached hydrogen (secondary N) is 2. The number of sulfonamides is 1. The number of carbonyl (C=O) groups is 2. The third-order valence-electron chi connectivity index (χ3n) is 5.60. The lowest BCUT2D eigenvalue weighted by atomic mass is 10.1. The van der Waals surface area contributed by atoms with Gasteiger partial charge in [-0.1, -0.05) is 37.6 Å². The summed E-state index contributed by atoms with van der Waals surface area (Å²) in [5.74, 6) is -0.662. The highest BCUT2D eigenvalue weighted by Crippen LogP contribution is 2.31. The summed E-state index contributed by atoms with van der Waals surface area (Å²) in [6, 6.07) is 9.77. The van der Waals surface area contributed by atoms with E-state index in [4.69, 9.17) is 0 Å². The molecule has 0 bridgehead atoms. The van der Waals surface area contributed by atoms with Gasteiger partial charge in [0.15, 0.2) is 0 Å². The van der Waals surface area contributed by atoms with Crippen LogP contribution in [0.2, 0.25) is 0 Å². The van der Waals surface area contributed by atoms with Crippen molar-refractivity contribution in [3.8, 4) is 0 Å². The zero-order chi connectivity index (χ0) is 23.6. The second kappa shape index (κ2) is 9.42. The Morgan fingerprint density at radius 2 is 1.59 bits per heavy atom. The molecule has 1 atom stereocenters. The van der Waals surface area contributed by atoms with E-state index in [0.29, 0.717) is 41.9 Å². The molecule has 1 fully saturated rings. The molecule has 2 aromatic rings. The molecule has 172 valence electrons. The smallest absolute Gasteiger partial charge is 0.244 e. The number of anilines is 2. The van der Waals surface area contributed by atoms with E-state index in [-0.39, 0.29) is 22.6 Å². The van der Waals surface area contributed by atoms with Gasteiger partial charge in [-0.25, -0.2) is 8.42 Å². The molecule has 0 aromatic heterocycles. The Kier molecular flexibility index (Phi) is 7.05. The molecule has 3 rings (SSSR count). The Morgan fingerprint density at radius 3 is 2.19 bits per heavy atom. The van der Waals surface area contributed by atoms with E-state index in [1.165, 1.54) is 4.31 Å². The number of amides is 2. The number of aryl methyl sites for hydroxylation is 3. The maximum Gasteiger partial charge on any atom is 0.244 e. The summed E-state index contributed by atoms with van der Waals surface area (Å²) < 4.78 is 28.3. The van der Waals surface area contributed by atoms with Crippen molar-refractivity contribution in [3.05, 3.63) is 53.1 Å². The van der Waals surface area contributed by atoms with Crippen LogP contribution in [0.3, 0.4) is 0 Å². The Hall–Kier alpha value is -2.71. The first-order valence-electron chi connectivity index (χ1n) is 10.8. The average Bonchev–Trinajstić information content (AvgIpc) is 3.18. The highest BCUT2D eigenvalue weighted by molar-refractivity contribution is 7.89. The van der Waals surface area contributed by atoms with Crippen LogP contribution in [0.5, 0.6) is 0 Å². The molecule has 7 nitrogen and oxygen atoms in total. The predicted molar refractivity (Wildman–Crippen MR) is 126 cm³/mol. The van der Waals surface area contributed by atoms with Crippen molar-refractivity contribution in [3.63, 3.8) is 0 Å². The second-order valence-corrected chi connectivity index (χ2v) is 10.5. The van der Waals surface area contributed by atoms with Gasteiger partial charge >= 0.3 is 0 Å². The molecule has 1 aliphatic heterocycles. The maximum atomic E-state index is 13.5. The third-order valence-corrected chi connectivity index (χ3v) is 7.81. The van der Waals surface area contributed by atoms with E-state index in [2.05, 4.69) is 10.6 Å². The molecule has 2 N–H and O–H groups in total. The van der Waals surface area contributed by atoms with Crippen molar-refractivity contribution >= 4 is 33.2 Å². The minimum atomic E-state index is -3.82. The second-order valence-electron chi connectivity index (χ2n) is 8.72. The lowest BCUT2D eigenvalue weighted by molar-refractivity contribution is -0.119. The fraction of sp³-hybridized carbons (Fsp3) is 0.417. The van der Waals surface area contributed by atoms with Crippen LogP contribution in [0.25, 0.3) is 0 Å². The number of hydrogen-bond acceptors (Lipinski definition) is 4. The largest absolute Gasteiger partial charge is 0.326 e. The van der Waals surface area contributed by atoms with Crippen LogP contribution in [0.4, 0.5) is 11.4 Å². The predicted octanol–water partition coefficient (Wildman–Crippen LogP) is 4.00. The number of nitrogens with zero attached hydrogens (tertiary/aromatic N) is 1. The molecule has 1 saturated heterocycles. The number of hydrogen-bond donors (Lipinski definition) is 2. The standard InChI is InChI=1S/C24H31N3O4S/c1-15(2)23(28)25-19-8-6-9-20(14-19)26-24(29)21-10-7-11-27(21)32(30,31)22-17(4)12-16(3)13-18(22)5/h6,8-9,12-15,21H,7,10-11H2,1-5H3,(H,25,28)(H,26,29). The summed E-state index contributed by atoms with van der Waals surface area (Å²) in [7, 11) is -3.82. The summed E-state index contributed by atoms with van der Waals surface area (Å²) in [6.45, 7) is 9.41. The average molecular weight is 458 g/mol. The molecule has 2 aromatic carbocycles. The number of rotatable bonds is 6. The van der Waals surface area contributed by atoms with Gasteiger partial charge < -0.3 is 10.6 Å². The molecule has 0 spiro atoms. The fourth-order valence-corrected chi connectivity index (χ4v) is 6.24. The summed E-state index contributed by atoms with van der Waals surface area (Å²) in [5, 5.41) is 5.62. The quantitative estimate of drug-likeness (QED) is 0.685. The van der Waals surface area contributed by atoms with Crippen LogP contribution in [0, 0.1) is 26.7 Å². The van der Waals surface area contributed by atoms with Crippen molar-refractivity contribution in [2.75, 3.05) is 17.2 Å². The third kappa shape index (κ3) is 5.02. The molecule has 1 aliphatic rings. The van der Waals surface area contributed by atoms with Crippen molar-refractivity contribution in [1.82, 2.24) is 4.31 Å². The molecule has 0 saturated carbocycles. The first kappa shape index (κ1) is 23.9. The number of carbonyl (C=O) groups excluding carboxylic acids is 2. The summed E-state index contributed by atoms with van der Waals surface area (Å²) >= 11 is 0. The molecule has 8 heteroatoms. The highest BCUT2D eigenvalue weighted by atomic mass is 32.2. The van der Waals surface area contributed by atoms with Gasteiger partial charge in [-0.2, -0.15) is 4.31 Å². The Morgan fingerprint density at radius 1 is 1.00 bits per heavy atom. The Balaban J connectivity index is 1.82. The van der Waals surface area contributed by atoms with Crippen molar-refractivity contribution < 1.29 is 18.0 Å². The molecule has 2 amide bonds. The SMILES string of the molecule is Cc1cc(C)c(S(=O)(=O)N2CCCC2C(=O)Nc2cccc(NC(=O)C(C)C)c2)c(C)c1. The van der Waals surface area contributed by atoms with Crippen molar-refractivity contribution in [1.29, 1.82) is 0 Å². The molecular formula is C24H31N3O4S. The van der Waals surface area contributed by atoms with Gasteiger partial charge in [-0.3, -0.25) is 9.59 Å². The van der Waals surface area contributed by atoms with E-state index >= 15 is 0 Å². The van der Waals surface area contributed by atoms with E-state index in [0.717, 1.165) is 5.56 Å². The zero-order valence-electron chi connectivity index (χ0n) is 19.2. The molecule has 0 radical (unpaired) electrons. The minimum Gasteiger partial charge on any atom is -0.326 e. The monoisotopic (exact) mass is 457 g/mol. The van der Waals surface area contributed by atoms with Crippen LogP contribution in [-0.2, 0) is 19.6 Å². The molecule has 1 unspecified atom stereocenters. The molecule has 0 aliphatic carbocycles. The van der Waals surface area contributed by atoms with Gasteiger partial charge in [-0.15, -0.1) is 0 Å². The lowest BCUT2D eigenvalue weighted by Gasteiger charge is -2.25. The zero-order valence-corrected chi connectivity index (χ0v) is 20.0. The van der Waals surface area contributed by atoms with E-state index in [1.54, 1.807) is 52.0 Å². The molecule has 1 heterocycles. The lowest BCUT2D eigenvalue weighted by Crippen LogP contribution is -2.43. The first-order chi connectivity index (χ1) is 15.0. The first-order valence-corrected chi connectivity index (χ1v) is 12.3. The van der Waals surface area contributed by atoms with Gasteiger partial charge in [0.05, 0.1) is 4.90 Å². The van der Waals surface area contributed by atoms with E-state index in [1.807, 2.05) is 19.1 Å². The molecular weight excluding hydrogens is 426 g/mol. The van der Waals surface area contributed by atoms with Gasteiger partial charge in [0.25, 0.3) is 0 Å². The topological polar surface area (TPSA) is 95.6 Å². The minimum absolute atomic E-state index is 0.120. The van der Waals surface area contributed by atoms with Gasteiger partial charge in [0.2, 0.25) is 21.8 Å². The summed E-state index contributed by atoms with van der Waals surface area (Å²) in [4.78, 5) is 25.3. The van der Waals surface area contributed by atoms with Gasteiger partial charge in [-0.05, 0) is 62.9 Å². The maximum absolute atomic E-state index is 13.5. The fourth-order valence-electron chi connectivity index (χ4n) is 4.17. The van der Waals surface area contributed by atoms with Crippen LogP contribution < -0.4 is 10.6 Å². The van der Waals surface area contributed by atoms with E-state index in [9.17, 15) is 18.0 Å². The van der Waals surface area contributed by atoms with Gasteiger partial charge in [0, 0.05) is 23.8 Å². The van der Waals surface area contributed by atoms with Crippen LogP contribution in [0.1, 0.15) is 43.4 Å². The Labute approximate surface area is 190 Å².